The Hall–Kier alpha value is -2.03. The first kappa shape index (κ1) is 13.0. The summed E-state index contributed by atoms with van der Waals surface area (Å²) >= 11 is 0. The lowest BCUT2D eigenvalue weighted by atomic mass is 10.1. The van der Waals surface area contributed by atoms with Crippen molar-refractivity contribution >= 4 is 17.0 Å². The lowest BCUT2D eigenvalue weighted by Gasteiger charge is -2.17. The van der Waals surface area contributed by atoms with Crippen molar-refractivity contribution in [1.82, 2.24) is 19.5 Å². The highest BCUT2D eigenvalue weighted by molar-refractivity contribution is 5.81. The third-order valence-electron chi connectivity index (χ3n) is 3.59. The monoisotopic (exact) mass is 277 g/mol. The van der Waals surface area contributed by atoms with Gasteiger partial charge in [-0.15, -0.1) is 0 Å². The molecule has 0 spiro atoms. The molecule has 0 saturated heterocycles. The van der Waals surface area contributed by atoms with Crippen LogP contribution in [0.4, 0.5) is 5.82 Å². The number of aliphatic hydroxyl groups is 3. The maximum absolute atomic E-state index is 9.98. The Kier molecular flexibility index (Phi) is 3.13. The van der Waals surface area contributed by atoms with Crippen molar-refractivity contribution in [2.24, 2.45) is 5.92 Å². The lowest BCUT2D eigenvalue weighted by Crippen LogP contribution is -2.30. The van der Waals surface area contributed by atoms with E-state index in [0.717, 1.165) is 0 Å². The Morgan fingerprint density at radius 2 is 2.05 bits per heavy atom. The first-order valence-electron chi connectivity index (χ1n) is 6.20. The summed E-state index contributed by atoms with van der Waals surface area (Å²) in [4.78, 5) is 12.1. The van der Waals surface area contributed by atoms with E-state index in [0.29, 0.717) is 29.1 Å². The van der Waals surface area contributed by atoms with Crippen molar-refractivity contribution in [2.45, 2.75) is 18.8 Å². The Morgan fingerprint density at radius 1 is 1.25 bits per heavy atom. The topological polar surface area (TPSA) is 130 Å². The van der Waals surface area contributed by atoms with Crippen LogP contribution in [0.25, 0.3) is 11.2 Å². The van der Waals surface area contributed by atoms with E-state index in [-0.39, 0.29) is 12.5 Å². The minimum absolute atomic E-state index is 0.269. The molecule has 8 heteroatoms. The van der Waals surface area contributed by atoms with Gasteiger partial charge in [-0.1, -0.05) is 6.08 Å². The van der Waals surface area contributed by atoms with Gasteiger partial charge in [0, 0.05) is 12.5 Å². The first-order valence-corrected chi connectivity index (χ1v) is 6.20. The molecule has 0 radical (unpaired) electrons. The van der Waals surface area contributed by atoms with Crippen LogP contribution in [-0.4, -0.2) is 53.7 Å². The molecule has 3 rings (SSSR count). The molecule has 0 saturated carbocycles. The second kappa shape index (κ2) is 4.82. The van der Waals surface area contributed by atoms with Crippen molar-refractivity contribution in [3.8, 4) is 0 Å². The zero-order valence-corrected chi connectivity index (χ0v) is 10.6. The predicted molar refractivity (Wildman–Crippen MR) is 70.4 cm³/mol. The van der Waals surface area contributed by atoms with E-state index < -0.39 is 12.2 Å². The number of aliphatic hydroxyl groups excluding tert-OH is 3. The maximum Gasteiger partial charge on any atom is 0.165 e. The van der Waals surface area contributed by atoms with Gasteiger partial charge in [-0.05, 0) is 5.57 Å². The van der Waals surface area contributed by atoms with Gasteiger partial charge in [0.25, 0.3) is 0 Å². The average molecular weight is 277 g/mol. The SMILES string of the molecule is Nc1ncnc2c1ncn2C[C@@H]1C=C(CO)[C@@H](O)[C@H]1O. The highest BCUT2D eigenvalue weighted by Gasteiger charge is 2.34. The molecule has 0 bridgehead atoms. The predicted octanol–water partition coefficient (Wildman–Crippen LogP) is -1.32. The molecule has 0 aromatic carbocycles. The second-order valence-corrected chi connectivity index (χ2v) is 4.83. The van der Waals surface area contributed by atoms with Gasteiger partial charge in [0.15, 0.2) is 11.5 Å². The maximum atomic E-state index is 9.98. The van der Waals surface area contributed by atoms with Crippen molar-refractivity contribution < 1.29 is 15.3 Å². The van der Waals surface area contributed by atoms with Crippen molar-refractivity contribution in [3.63, 3.8) is 0 Å². The zero-order valence-electron chi connectivity index (χ0n) is 10.6. The first-order chi connectivity index (χ1) is 9.61. The van der Waals surface area contributed by atoms with Crippen molar-refractivity contribution in [2.75, 3.05) is 12.3 Å². The highest BCUT2D eigenvalue weighted by atomic mass is 16.3. The summed E-state index contributed by atoms with van der Waals surface area (Å²) in [6.45, 7) is 0.114. The molecule has 5 N–H and O–H groups in total. The van der Waals surface area contributed by atoms with Crippen LogP contribution in [0, 0.1) is 5.92 Å². The van der Waals surface area contributed by atoms with E-state index in [2.05, 4.69) is 15.0 Å². The highest BCUT2D eigenvalue weighted by Crippen LogP contribution is 2.27. The smallest absolute Gasteiger partial charge is 0.165 e. The number of hydrogen-bond donors (Lipinski definition) is 4. The summed E-state index contributed by atoms with van der Waals surface area (Å²) < 4.78 is 1.74. The third kappa shape index (κ3) is 1.94. The molecule has 8 nitrogen and oxygen atoms in total. The molecule has 106 valence electrons. The number of nitrogens with two attached hydrogens (primary N) is 1. The zero-order chi connectivity index (χ0) is 14.3. The van der Waals surface area contributed by atoms with Gasteiger partial charge in [-0.25, -0.2) is 15.0 Å². The molecule has 1 aliphatic rings. The summed E-state index contributed by atoms with van der Waals surface area (Å²) in [5.41, 5.74) is 7.22. The molecule has 3 atom stereocenters. The number of anilines is 1. The number of imidazole rings is 1. The number of fused-ring (bicyclic) bond motifs is 1. The summed E-state index contributed by atoms with van der Waals surface area (Å²) in [5.74, 6) is -0.0203. The van der Waals surface area contributed by atoms with Gasteiger partial charge in [-0.3, -0.25) is 0 Å². The van der Waals surface area contributed by atoms with Crippen LogP contribution in [-0.2, 0) is 6.54 Å². The number of nitrogens with zero attached hydrogens (tertiary/aromatic N) is 4. The fourth-order valence-corrected chi connectivity index (χ4v) is 2.49. The molecule has 2 aromatic rings. The minimum Gasteiger partial charge on any atom is -0.392 e. The molecule has 0 aliphatic heterocycles. The van der Waals surface area contributed by atoms with E-state index in [9.17, 15) is 10.2 Å². The average Bonchev–Trinajstić information content (AvgIpc) is 2.97. The van der Waals surface area contributed by atoms with Crippen LogP contribution < -0.4 is 5.73 Å². The quantitative estimate of drug-likeness (QED) is 0.512. The number of rotatable bonds is 3. The fraction of sp³-hybridized carbons (Fsp3) is 0.417. The third-order valence-corrected chi connectivity index (χ3v) is 3.59. The van der Waals surface area contributed by atoms with E-state index in [4.69, 9.17) is 10.8 Å². The van der Waals surface area contributed by atoms with E-state index in [1.54, 1.807) is 17.0 Å². The second-order valence-electron chi connectivity index (χ2n) is 4.83. The van der Waals surface area contributed by atoms with Crippen LogP contribution in [0.3, 0.4) is 0 Å². The van der Waals surface area contributed by atoms with Crippen LogP contribution in [0.15, 0.2) is 24.3 Å². The Balaban J connectivity index is 1.91. The molecular formula is C12H15N5O3. The molecular weight excluding hydrogens is 262 g/mol. The van der Waals surface area contributed by atoms with E-state index in [1.165, 1.54) is 6.33 Å². The summed E-state index contributed by atoms with van der Waals surface area (Å²) in [7, 11) is 0. The Labute approximate surface area is 114 Å². The standard InChI is InChI=1S/C12H15N5O3/c13-11-8-12(15-4-14-11)17(5-16-8)2-6-1-7(3-18)10(20)9(6)19/h1,4-6,9-10,18-20H,2-3H2,(H2,13,14,15)/t6-,9-,10+/m0/s1. The van der Waals surface area contributed by atoms with Crippen LogP contribution in [0.2, 0.25) is 0 Å². The Morgan fingerprint density at radius 3 is 2.75 bits per heavy atom. The molecule has 0 unspecified atom stereocenters. The summed E-state index contributed by atoms with van der Waals surface area (Å²) in [6, 6.07) is 0. The van der Waals surface area contributed by atoms with E-state index in [1.807, 2.05) is 0 Å². The molecule has 2 aromatic heterocycles. The Bertz CT molecular complexity index is 668. The van der Waals surface area contributed by atoms with Gasteiger partial charge in [-0.2, -0.15) is 0 Å². The van der Waals surface area contributed by atoms with Gasteiger partial charge in [0.1, 0.15) is 17.9 Å². The number of aromatic nitrogens is 4. The largest absolute Gasteiger partial charge is 0.392 e. The lowest BCUT2D eigenvalue weighted by molar-refractivity contribution is 0.0216. The van der Waals surface area contributed by atoms with Crippen molar-refractivity contribution in [1.29, 1.82) is 0 Å². The minimum atomic E-state index is -1.03. The molecule has 0 fully saturated rings. The molecule has 0 amide bonds. The van der Waals surface area contributed by atoms with Crippen molar-refractivity contribution in [3.05, 3.63) is 24.3 Å². The number of hydrogen-bond acceptors (Lipinski definition) is 7. The fourth-order valence-electron chi connectivity index (χ4n) is 2.49. The van der Waals surface area contributed by atoms with Gasteiger partial charge in [0.05, 0.1) is 19.0 Å². The van der Waals surface area contributed by atoms with E-state index >= 15 is 0 Å². The van der Waals surface area contributed by atoms with Gasteiger partial charge < -0.3 is 25.6 Å². The van der Waals surface area contributed by atoms with Crippen LogP contribution in [0.1, 0.15) is 0 Å². The molecule has 2 heterocycles. The normalized spacial score (nSPS) is 26.1. The van der Waals surface area contributed by atoms with Crippen LogP contribution >= 0.6 is 0 Å². The van der Waals surface area contributed by atoms with Gasteiger partial charge in [0.2, 0.25) is 0 Å². The molecule has 20 heavy (non-hydrogen) atoms. The van der Waals surface area contributed by atoms with Crippen LogP contribution in [0.5, 0.6) is 0 Å². The number of nitrogen functional groups attached to an aromatic ring is 1. The summed E-state index contributed by atoms with van der Waals surface area (Å²) in [6.07, 6.45) is 2.63. The summed E-state index contributed by atoms with van der Waals surface area (Å²) in [5, 5.41) is 28.9. The van der Waals surface area contributed by atoms with Gasteiger partial charge >= 0.3 is 0 Å². The molecule has 1 aliphatic carbocycles.